The molecule has 0 bridgehead atoms. The molecule has 0 radical (unpaired) electrons. The number of thiol groups is 1. The number of carboxylic acid groups (broad SMARTS) is 2. The van der Waals surface area contributed by atoms with Gasteiger partial charge in [-0.3, -0.25) is 28.8 Å². The highest BCUT2D eigenvalue weighted by molar-refractivity contribution is 7.81. The largest absolute Gasteiger partial charge is 0.481 e. The molecular weight excluding hydrogens is 883 g/mol. The predicted octanol–water partition coefficient (Wildman–Crippen LogP) is 3.67. The Morgan fingerprint density at radius 2 is 1.62 bits per heavy atom. The topological polar surface area (TPSA) is 247 Å². The lowest BCUT2D eigenvalue weighted by molar-refractivity contribution is -0.240. The third-order valence-corrected chi connectivity index (χ3v) is 14.8. The van der Waals surface area contributed by atoms with Gasteiger partial charge in [-0.05, 0) is 93.4 Å². The number of halogens is 2. The number of fused-ring (bicyclic) bond motifs is 7. The summed E-state index contributed by atoms with van der Waals surface area (Å²) in [4.78, 5) is 86.3. The molecule has 2 aromatic rings. The van der Waals surface area contributed by atoms with Crippen molar-refractivity contribution in [3.8, 4) is 0 Å². The molecule has 4 aliphatic carbocycles. The smallest absolute Gasteiger partial charge is 0.339 e. The van der Waals surface area contributed by atoms with Crippen molar-refractivity contribution in [2.45, 2.75) is 119 Å². The number of amides is 4. The number of allylic oxidation sites excluding steroid dienone is 4. The molecule has 13 atom stereocenters. The summed E-state index contributed by atoms with van der Waals surface area (Å²) in [5.74, 6) is -7.15. The average molecular weight is 937 g/mol. The minimum absolute atomic E-state index is 0.0192. The lowest BCUT2D eigenvalue weighted by atomic mass is 9.44. The summed E-state index contributed by atoms with van der Waals surface area (Å²) in [5, 5.41) is 40.5. The fraction of sp³-hybridized carbons (Fsp3) is 0.511. The Morgan fingerprint density at radius 1 is 0.924 bits per heavy atom. The Labute approximate surface area is 384 Å². The molecule has 2 aromatic carbocycles. The zero-order chi connectivity index (χ0) is 48.1. The molecule has 16 nitrogen and oxygen atoms in total. The first kappa shape index (κ1) is 48.4. The van der Waals surface area contributed by atoms with Crippen LogP contribution in [0.3, 0.4) is 0 Å². The minimum atomic E-state index is -2.38. The third kappa shape index (κ3) is 8.54. The van der Waals surface area contributed by atoms with E-state index in [4.69, 9.17) is 14.6 Å². The number of alkyl halides is 2. The van der Waals surface area contributed by atoms with E-state index in [1.54, 1.807) is 37.3 Å². The highest BCUT2D eigenvalue weighted by atomic mass is 32.1. The van der Waals surface area contributed by atoms with Gasteiger partial charge < -0.3 is 46.1 Å². The summed E-state index contributed by atoms with van der Waals surface area (Å²) in [6.07, 6.45) is -2.67. The van der Waals surface area contributed by atoms with Crippen LogP contribution in [0, 0.1) is 22.7 Å². The van der Waals surface area contributed by atoms with Gasteiger partial charge in [-0.1, -0.05) is 49.4 Å². The number of hydrogen-bond acceptors (Lipinski definition) is 11. The van der Waals surface area contributed by atoms with Gasteiger partial charge in [0.25, 0.3) is 0 Å². The molecule has 3 saturated carbocycles. The number of hydrogen-bond donors (Lipinski definition) is 8. The lowest BCUT2D eigenvalue weighted by Crippen LogP contribution is -2.70. The fourth-order valence-electron chi connectivity index (χ4n) is 11.0. The van der Waals surface area contributed by atoms with Gasteiger partial charge in [0.15, 0.2) is 23.3 Å². The molecule has 1 saturated heterocycles. The number of carbonyl (C=O) groups excluding carboxylic acids is 5. The highest BCUT2D eigenvalue weighted by Gasteiger charge is 2.80. The number of aliphatic hydroxyl groups is 1. The number of anilines is 1. The van der Waals surface area contributed by atoms with Gasteiger partial charge in [-0.2, -0.15) is 12.6 Å². The SMILES string of the molecule is C[C@H](NC(=O)CCNC(=O)C(S)CC(=O)O)C(=O)N[C@@H](C)C(=O)Nc1cccc(Cc2ccc([C@@H]3O[C@@H]4CC5[C@@H]6C[C@H](F)C7=CC(=O)C=C[C@]7(C)[C@@]6(F)[C@@H](O)C[C@]5(C)[C@]4(C(=O)O)O3)cc2)c1. The molecule has 0 aromatic heterocycles. The van der Waals surface area contributed by atoms with Crippen LogP contribution in [-0.4, -0.2) is 110 Å². The second kappa shape index (κ2) is 18.3. The van der Waals surface area contributed by atoms with E-state index in [9.17, 15) is 43.8 Å². The molecule has 2 unspecified atom stereocenters. The lowest BCUT2D eigenvalue weighted by Gasteiger charge is -2.62. The summed E-state index contributed by atoms with van der Waals surface area (Å²) >= 11 is 3.92. The Bertz CT molecular complexity index is 2380. The van der Waals surface area contributed by atoms with E-state index < -0.39 is 124 Å². The predicted molar refractivity (Wildman–Crippen MR) is 235 cm³/mol. The Kier molecular flexibility index (Phi) is 13.4. The number of ketones is 1. The van der Waals surface area contributed by atoms with Crippen molar-refractivity contribution in [2.24, 2.45) is 22.7 Å². The van der Waals surface area contributed by atoms with Gasteiger partial charge in [0.05, 0.1) is 17.8 Å². The van der Waals surface area contributed by atoms with Crippen LogP contribution >= 0.6 is 12.6 Å². The van der Waals surface area contributed by atoms with Crippen molar-refractivity contribution >= 4 is 59.7 Å². The number of carboxylic acids is 2. The van der Waals surface area contributed by atoms with Gasteiger partial charge in [0.2, 0.25) is 23.6 Å². The van der Waals surface area contributed by atoms with Crippen molar-refractivity contribution < 1.29 is 67.1 Å². The number of rotatable bonds is 15. The van der Waals surface area contributed by atoms with Crippen LogP contribution in [0.25, 0.3) is 0 Å². The molecule has 4 amide bonds. The van der Waals surface area contributed by atoms with E-state index in [-0.39, 0.29) is 37.8 Å². The van der Waals surface area contributed by atoms with E-state index >= 15 is 8.78 Å². The molecule has 66 heavy (non-hydrogen) atoms. The van der Waals surface area contributed by atoms with Crippen LogP contribution < -0.4 is 21.3 Å². The molecule has 1 heterocycles. The normalized spacial score (nSPS) is 33.1. The van der Waals surface area contributed by atoms with E-state index in [1.165, 1.54) is 32.9 Å². The highest BCUT2D eigenvalue weighted by Crippen LogP contribution is 2.72. The van der Waals surface area contributed by atoms with Crippen LogP contribution in [0.4, 0.5) is 14.5 Å². The maximum Gasteiger partial charge on any atom is 0.339 e. The second-order valence-electron chi connectivity index (χ2n) is 18.5. The summed E-state index contributed by atoms with van der Waals surface area (Å²) in [5.41, 5.74) is -4.66. The van der Waals surface area contributed by atoms with E-state index in [2.05, 4.69) is 33.9 Å². The molecule has 7 rings (SSSR count). The molecule has 1 aliphatic heterocycles. The Morgan fingerprint density at radius 3 is 2.30 bits per heavy atom. The zero-order valence-corrected chi connectivity index (χ0v) is 37.6. The first-order valence-corrected chi connectivity index (χ1v) is 22.3. The standard InChI is InChI=1S/C47H54F2N4O12S/c1-23(51-37(56)13-15-50-41(61)34(66)21-38(57)58)39(59)52-24(2)40(60)53-28-7-5-6-26(17-28)16-25-8-10-27(11-9-25)42-64-36-20-30-31-19-33(48)32-18-29(54)12-14-44(32,3)46(31,49)35(55)22-45(30,4)47(36,65-42)43(62)63/h5-12,14,17-18,23-24,30-31,33-36,42,55,66H,13,15-16,19-22H2,1-4H3,(H,50,61)(H,51,56)(H,52,59)(H,53,60)(H,57,58)(H,62,63)/t23-,24-,30?,31-,33-,34?,35-,36+,42+,44-,45-,46-,47-/m0/s1. The first-order valence-electron chi connectivity index (χ1n) is 21.8. The van der Waals surface area contributed by atoms with Gasteiger partial charge in [-0.25, -0.2) is 13.6 Å². The van der Waals surface area contributed by atoms with Crippen molar-refractivity contribution in [3.05, 3.63) is 89.0 Å². The second-order valence-corrected chi connectivity index (χ2v) is 19.1. The van der Waals surface area contributed by atoms with Crippen LogP contribution in [0.2, 0.25) is 0 Å². The van der Waals surface area contributed by atoms with Gasteiger partial charge in [0.1, 0.15) is 24.4 Å². The maximum absolute atomic E-state index is 17.6. The molecule has 0 spiro atoms. The third-order valence-electron chi connectivity index (χ3n) is 14.4. The Balaban J connectivity index is 0.935. The first-order chi connectivity index (χ1) is 31.0. The zero-order valence-electron chi connectivity index (χ0n) is 36.7. The van der Waals surface area contributed by atoms with Crippen LogP contribution in [0.5, 0.6) is 0 Å². The molecule has 354 valence electrons. The summed E-state index contributed by atoms with van der Waals surface area (Å²) in [6, 6.07) is 12.2. The average Bonchev–Trinajstić information content (AvgIpc) is 3.76. The van der Waals surface area contributed by atoms with E-state index in [0.29, 0.717) is 17.7 Å². The summed E-state index contributed by atoms with van der Waals surface area (Å²) < 4.78 is 46.3. The number of nitrogens with one attached hydrogen (secondary N) is 4. The van der Waals surface area contributed by atoms with E-state index in [1.807, 2.05) is 18.2 Å². The Hall–Kier alpha value is -5.50. The van der Waals surface area contributed by atoms with Crippen LogP contribution in [0.15, 0.2) is 72.3 Å². The minimum Gasteiger partial charge on any atom is -0.481 e. The molecule has 7 N–H and O–H groups in total. The summed E-state index contributed by atoms with van der Waals surface area (Å²) in [6.45, 7) is 5.95. The molecule has 19 heteroatoms. The van der Waals surface area contributed by atoms with Crippen LogP contribution in [-0.2, 0) is 49.5 Å². The number of aliphatic hydroxyl groups excluding tert-OH is 1. The molecule has 4 fully saturated rings. The van der Waals surface area contributed by atoms with Crippen molar-refractivity contribution in [1.29, 1.82) is 0 Å². The quantitative estimate of drug-likeness (QED) is 0.119. The number of ether oxygens (including phenoxy) is 2. The van der Waals surface area contributed by atoms with Gasteiger partial charge >= 0.3 is 11.9 Å². The maximum atomic E-state index is 17.6. The number of aliphatic carboxylic acids is 2. The monoisotopic (exact) mass is 936 g/mol. The summed E-state index contributed by atoms with van der Waals surface area (Å²) in [7, 11) is 0. The number of benzene rings is 2. The van der Waals surface area contributed by atoms with Gasteiger partial charge in [-0.15, -0.1) is 0 Å². The number of carbonyl (C=O) groups is 7. The molecular formula is C47H54F2N4O12S. The van der Waals surface area contributed by atoms with Crippen LogP contribution in [0.1, 0.15) is 82.8 Å². The molecule has 5 aliphatic rings. The van der Waals surface area contributed by atoms with Crippen molar-refractivity contribution in [3.63, 3.8) is 0 Å². The van der Waals surface area contributed by atoms with Crippen molar-refractivity contribution in [1.82, 2.24) is 16.0 Å². The fourth-order valence-corrected chi connectivity index (χ4v) is 11.2. The van der Waals surface area contributed by atoms with E-state index in [0.717, 1.165) is 17.2 Å². The van der Waals surface area contributed by atoms with Gasteiger partial charge in [0, 0.05) is 41.0 Å². The van der Waals surface area contributed by atoms with Crippen molar-refractivity contribution in [2.75, 3.05) is 11.9 Å².